The van der Waals surface area contributed by atoms with Gasteiger partial charge in [0.05, 0.1) is 4.70 Å². The molecule has 4 rings (SSSR count). The zero-order chi connectivity index (χ0) is 18.8. The second-order valence-corrected chi connectivity index (χ2v) is 8.40. The van der Waals surface area contributed by atoms with Gasteiger partial charge in [-0.2, -0.15) is 4.37 Å². The smallest absolute Gasteiger partial charge is 0.317 e. The maximum Gasteiger partial charge on any atom is 0.317 e. The van der Waals surface area contributed by atoms with Crippen molar-refractivity contribution in [2.24, 2.45) is 0 Å². The molecule has 0 unspecified atom stereocenters. The van der Waals surface area contributed by atoms with E-state index in [9.17, 15) is 9.59 Å². The number of hydrogen-bond acceptors (Lipinski definition) is 4. The molecule has 1 aliphatic carbocycles. The highest BCUT2D eigenvalue weighted by atomic mass is 32.1. The molecule has 0 radical (unpaired) electrons. The molecule has 2 heterocycles. The summed E-state index contributed by atoms with van der Waals surface area (Å²) in [6, 6.07) is 6.42. The van der Waals surface area contributed by atoms with Crippen molar-refractivity contribution in [2.45, 2.75) is 45.1 Å². The van der Waals surface area contributed by atoms with Crippen LogP contribution >= 0.6 is 11.5 Å². The first-order valence-electron chi connectivity index (χ1n) is 9.82. The Balaban J connectivity index is 1.36. The Labute approximate surface area is 163 Å². The third-order valence-electron chi connectivity index (χ3n) is 5.61. The maximum absolute atomic E-state index is 12.9. The molecule has 2 aromatic rings. The summed E-state index contributed by atoms with van der Waals surface area (Å²) < 4.78 is 5.44. The Kier molecular flexibility index (Phi) is 5.29. The molecule has 2 aliphatic rings. The molecule has 1 aliphatic heterocycles. The summed E-state index contributed by atoms with van der Waals surface area (Å²) in [6.45, 7) is 4.29. The number of aryl methyl sites for hydroxylation is 1. The monoisotopic (exact) mass is 386 g/mol. The summed E-state index contributed by atoms with van der Waals surface area (Å²) in [7, 11) is 0. The van der Waals surface area contributed by atoms with Gasteiger partial charge in [-0.15, -0.1) is 0 Å². The molecule has 1 aromatic heterocycles. The molecule has 1 saturated carbocycles. The second kappa shape index (κ2) is 7.84. The van der Waals surface area contributed by atoms with Gasteiger partial charge >= 0.3 is 6.03 Å². The number of urea groups is 1. The topological polar surface area (TPSA) is 65.5 Å². The van der Waals surface area contributed by atoms with Gasteiger partial charge in [0.2, 0.25) is 0 Å². The van der Waals surface area contributed by atoms with Crippen LogP contribution in [0.3, 0.4) is 0 Å². The number of carbonyl (C=O) groups excluding carboxylic acids is 2. The van der Waals surface area contributed by atoms with E-state index in [1.165, 1.54) is 30.8 Å². The van der Waals surface area contributed by atoms with Gasteiger partial charge in [-0.3, -0.25) is 4.79 Å². The standard InChI is InChI=1S/C20H26N4O2S/c1-14-7-8-17-16(13-14)18(22-27-17)19(25)23-9-11-24(12-10-23)20(26)21-15-5-3-2-4-6-15/h7-8,13,15H,2-6,9-12H2,1H3,(H,21,26). The second-order valence-electron chi connectivity index (χ2n) is 7.59. The van der Waals surface area contributed by atoms with Crippen LogP contribution in [0.4, 0.5) is 4.79 Å². The fraction of sp³-hybridized carbons (Fsp3) is 0.550. The average Bonchev–Trinajstić information content (AvgIpc) is 3.11. The van der Waals surface area contributed by atoms with Crippen LogP contribution in [0.2, 0.25) is 0 Å². The minimum atomic E-state index is -0.0285. The van der Waals surface area contributed by atoms with Crippen molar-refractivity contribution in [1.82, 2.24) is 19.5 Å². The number of piperazine rings is 1. The molecule has 0 spiro atoms. The van der Waals surface area contributed by atoms with Gasteiger partial charge < -0.3 is 15.1 Å². The Morgan fingerprint density at radius 2 is 1.78 bits per heavy atom. The third-order valence-corrected chi connectivity index (χ3v) is 6.44. The summed E-state index contributed by atoms with van der Waals surface area (Å²) in [5.74, 6) is -0.0285. The van der Waals surface area contributed by atoms with Crippen molar-refractivity contribution in [1.29, 1.82) is 0 Å². The average molecular weight is 387 g/mol. The SMILES string of the molecule is Cc1ccc2snc(C(=O)N3CCN(C(=O)NC4CCCCC4)CC3)c2c1. The number of rotatable bonds is 2. The quantitative estimate of drug-likeness (QED) is 0.860. The van der Waals surface area contributed by atoms with E-state index in [1.54, 1.807) is 0 Å². The van der Waals surface area contributed by atoms with Crippen LogP contribution in [0.25, 0.3) is 10.1 Å². The number of benzene rings is 1. The van der Waals surface area contributed by atoms with Crippen molar-refractivity contribution in [3.8, 4) is 0 Å². The van der Waals surface area contributed by atoms with Gasteiger partial charge in [-0.25, -0.2) is 4.79 Å². The predicted octanol–water partition coefficient (Wildman–Crippen LogP) is 3.40. The summed E-state index contributed by atoms with van der Waals surface area (Å²) in [4.78, 5) is 29.1. The van der Waals surface area contributed by atoms with Crippen molar-refractivity contribution in [2.75, 3.05) is 26.2 Å². The fourth-order valence-corrected chi connectivity index (χ4v) is 4.73. The molecule has 27 heavy (non-hydrogen) atoms. The molecule has 0 atom stereocenters. The zero-order valence-electron chi connectivity index (χ0n) is 15.7. The van der Waals surface area contributed by atoms with Crippen molar-refractivity contribution in [3.05, 3.63) is 29.5 Å². The molecule has 7 heteroatoms. The number of aromatic nitrogens is 1. The first kappa shape index (κ1) is 18.2. The molecule has 1 N–H and O–H groups in total. The minimum Gasteiger partial charge on any atom is -0.335 e. The summed E-state index contributed by atoms with van der Waals surface area (Å²) in [5, 5.41) is 4.10. The lowest BCUT2D eigenvalue weighted by atomic mass is 9.96. The maximum atomic E-state index is 12.9. The lowest BCUT2D eigenvalue weighted by Crippen LogP contribution is -2.54. The number of nitrogens with one attached hydrogen (secondary N) is 1. The van der Waals surface area contributed by atoms with E-state index in [0.29, 0.717) is 37.9 Å². The van der Waals surface area contributed by atoms with Gasteiger partial charge in [0.25, 0.3) is 5.91 Å². The molecule has 144 valence electrons. The largest absolute Gasteiger partial charge is 0.335 e. The van der Waals surface area contributed by atoms with E-state index < -0.39 is 0 Å². The molecule has 2 fully saturated rings. The lowest BCUT2D eigenvalue weighted by Gasteiger charge is -2.35. The Hall–Kier alpha value is -2.15. The zero-order valence-corrected chi connectivity index (χ0v) is 16.6. The molecule has 6 nitrogen and oxygen atoms in total. The van der Waals surface area contributed by atoms with Gasteiger partial charge in [-0.05, 0) is 43.4 Å². The fourth-order valence-electron chi connectivity index (χ4n) is 3.98. The number of carbonyl (C=O) groups is 2. The Morgan fingerprint density at radius 3 is 2.52 bits per heavy atom. The predicted molar refractivity (Wildman–Crippen MR) is 107 cm³/mol. The van der Waals surface area contributed by atoms with Gasteiger partial charge in [-0.1, -0.05) is 30.9 Å². The van der Waals surface area contributed by atoms with E-state index in [0.717, 1.165) is 28.5 Å². The van der Waals surface area contributed by atoms with Crippen molar-refractivity contribution in [3.63, 3.8) is 0 Å². The Bertz CT molecular complexity index is 836. The molecule has 3 amide bonds. The highest BCUT2D eigenvalue weighted by molar-refractivity contribution is 7.13. The van der Waals surface area contributed by atoms with Crippen molar-refractivity contribution < 1.29 is 9.59 Å². The van der Waals surface area contributed by atoms with Crippen LogP contribution < -0.4 is 5.32 Å². The molecular weight excluding hydrogens is 360 g/mol. The van der Waals surface area contributed by atoms with E-state index in [2.05, 4.69) is 9.69 Å². The molecule has 1 saturated heterocycles. The normalized spacial score (nSPS) is 18.7. The van der Waals surface area contributed by atoms with Crippen LogP contribution in [0, 0.1) is 6.92 Å². The number of fused-ring (bicyclic) bond motifs is 1. The summed E-state index contributed by atoms with van der Waals surface area (Å²) >= 11 is 1.37. The number of hydrogen-bond donors (Lipinski definition) is 1. The number of nitrogens with zero attached hydrogens (tertiary/aromatic N) is 3. The molecule has 0 bridgehead atoms. The van der Waals surface area contributed by atoms with Crippen LogP contribution in [0.5, 0.6) is 0 Å². The Morgan fingerprint density at radius 1 is 1.07 bits per heavy atom. The third kappa shape index (κ3) is 3.93. The van der Waals surface area contributed by atoms with Crippen molar-refractivity contribution >= 4 is 33.6 Å². The van der Waals surface area contributed by atoms with E-state index in [1.807, 2.05) is 34.9 Å². The molecular formula is C20H26N4O2S. The van der Waals surface area contributed by atoms with Crippen LogP contribution in [-0.2, 0) is 0 Å². The van der Waals surface area contributed by atoms with Crippen LogP contribution in [-0.4, -0.2) is 58.3 Å². The summed E-state index contributed by atoms with van der Waals surface area (Å²) in [5.41, 5.74) is 1.67. The van der Waals surface area contributed by atoms with Gasteiger partial charge in [0, 0.05) is 37.6 Å². The lowest BCUT2D eigenvalue weighted by molar-refractivity contribution is 0.0660. The molecule has 1 aromatic carbocycles. The van der Waals surface area contributed by atoms with E-state index in [-0.39, 0.29) is 11.9 Å². The highest BCUT2D eigenvalue weighted by Gasteiger charge is 2.28. The number of amides is 3. The van der Waals surface area contributed by atoms with Gasteiger partial charge in [0.15, 0.2) is 0 Å². The van der Waals surface area contributed by atoms with E-state index in [4.69, 9.17) is 0 Å². The first-order valence-corrected chi connectivity index (χ1v) is 10.6. The van der Waals surface area contributed by atoms with E-state index >= 15 is 0 Å². The van der Waals surface area contributed by atoms with Gasteiger partial charge in [0.1, 0.15) is 5.69 Å². The summed E-state index contributed by atoms with van der Waals surface area (Å²) in [6.07, 6.45) is 5.85. The first-order chi connectivity index (χ1) is 13.1. The van der Waals surface area contributed by atoms with Crippen LogP contribution in [0.1, 0.15) is 48.2 Å². The minimum absolute atomic E-state index is 0.0173. The van der Waals surface area contributed by atoms with Crippen LogP contribution in [0.15, 0.2) is 18.2 Å². The highest BCUT2D eigenvalue weighted by Crippen LogP contribution is 2.25.